The van der Waals surface area contributed by atoms with Crippen molar-refractivity contribution in [3.8, 4) is 0 Å². The van der Waals surface area contributed by atoms with Crippen LogP contribution in [0.2, 0.25) is 0 Å². The van der Waals surface area contributed by atoms with E-state index in [-0.39, 0.29) is 17.7 Å². The van der Waals surface area contributed by atoms with Crippen LogP contribution in [-0.4, -0.2) is 28.8 Å². The first-order chi connectivity index (χ1) is 11.6. The van der Waals surface area contributed by atoms with Crippen molar-refractivity contribution in [1.29, 1.82) is 0 Å². The minimum atomic E-state index is -0.940. The predicted molar refractivity (Wildman–Crippen MR) is 96.2 cm³/mol. The number of hydrogen-bond donors (Lipinski definition) is 2. The van der Waals surface area contributed by atoms with E-state index in [4.69, 9.17) is 0 Å². The van der Waals surface area contributed by atoms with E-state index < -0.39 is 11.9 Å². The van der Waals surface area contributed by atoms with Gasteiger partial charge in [0, 0.05) is 11.4 Å². The van der Waals surface area contributed by atoms with E-state index in [0.717, 1.165) is 4.90 Å². The van der Waals surface area contributed by atoms with Crippen molar-refractivity contribution in [3.63, 3.8) is 0 Å². The van der Waals surface area contributed by atoms with Crippen molar-refractivity contribution < 1.29 is 14.7 Å². The molecular weight excluding hydrogens is 322 g/mol. The van der Waals surface area contributed by atoms with Gasteiger partial charge in [-0.25, -0.2) is 0 Å². The molecule has 0 heterocycles. The van der Waals surface area contributed by atoms with Gasteiger partial charge in [0.2, 0.25) is 5.91 Å². The minimum absolute atomic E-state index is 0.0873. The normalized spacial score (nSPS) is 13.0. The Hall–Kier alpha value is -2.27. The zero-order chi connectivity index (χ0) is 17.4. The van der Waals surface area contributed by atoms with E-state index in [2.05, 4.69) is 5.32 Å². The van der Waals surface area contributed by atoms with E-state index in [9.17, 15) is 14.7 Å². The van der Waals surface area contributed by atoms with Crippen LogP contribution in [0.15, 0.2) is 65.6 Å². The molecule has 24 heavy (non-hydrogen) atoms. The highest BCUT2D eigenvalue weighted by atomic mass is 32.2. The van der Waals surface area contributed by atoms with Gasteiger partial charge in [-0.05, 0) is 24.1 Å². The average molecular weight is 343 g/mol. The SMILES string of the molecule is CCC(Sc1ccccc1)C(=O)NCC(C(=O)O)c1ccccc1. The van der Waals surface area contributed by atoms with Crippen LogP contribution in [0.25, 0.3) is 0 Å². The third kappa shape index (κ3) is 5.13. The average Bonchev–Trinajstić information content (AvgIpc) is 2.61. The Morgan fingerprint density at radius 2 is 1.62 bits per heavy atom. The van der Waals surface area contributed by atoms with Gasteiger partial charge in [-0.2, -0.15) is 0 Å². The van der Waals surface area contributed by atoms with Gasteiger partial charge in [-0.1, -0.05) is 55.5 Å². The summed E-state index contributed by atoms with van der Waals surface area (Å²) in [6, 6.07) is 18.7. The van der Waals surface area contributed by atoms with Gasteiger partial charge < -0.3 is 10.4 Å². The highest BCUT2D eigenvalue weighted by Gasteiger charge is 2.23. The molecule has 2 aromatic carbocycles. The predicted octanol–water partition coefficient (Wildman–Crippen LogP) is 3.54. The van der Waals surface area contributed by atoms with Crippen molar-refractivity contribution in [2.45, 2.75) is 29.4 Å². The summed E-state index contributed by atoms with van der Waals surface area (Å²) >= 11 is 1.49. The fourth-order valence-electron chi connectivity index (χ4n) is 2.34. The summed E-state index contributed by atoms with van der Waals surface area (Å²) in [5.41, 5.74) is 0.689. The molecule has 1 amide bonds. The molecule has 5 heteroatoms. The summed E-state index contributed by atoms with van der Waals surface area (Å²) in [7, 11) is 0. The van der Waals surface area contributed by atoms with Crippen LogP contribution in [0.4, 0.5) is 0 Å². The lowest BCUT2D eigenvalue weighted by molar-refractivity contribution is -0.138. The highest BCUT2D eigenvalue weighted by Crippen LogP contribution is 2.25. The number of aliphatic carboxylic acids is 1. The molecule has 0 spiro atoms. The summed E-state index contributed by atoms with van der Waals surface area (Å²) < 4.78 is 0. The van der Waals surface area contributed by atoms with E-state index in [1.54, 1.807) is 24.3 Å². The third-order valence-electron chi connectivity index (χ3n) is 3.67. The molecule has 0 aliphatic carbocycles. The molecule has 2 unspecified atom stereocenters. The molecule has 2 atom stereocenters. The zero-order valence-corrected chi connectivity index (χ0v) is 14.3. The molecule has 0 bridgehead atoms. The molecule has 2 N–H and O–H groups in total. The molecule has 2 aromatic rings. The van der Waals surface area contributed by atoms with Gasteiger partial charge in [-0.15, -0.1) is 11.8 Å². The van der Waals surface area contributed by atoms with Gasteiger partial charge in [0.25, 0.3) is 0 Å². The second kappa shape index (κ2) is 9.13. The maximum atomic E-state index is 12.4. The Morgan fingerprint density at radius 3 is 2.17 bits per heavy atom. The lowest BCUT2D eigenvalue weighted by atomic mass is 9.99. The molecule has 0 saturated carbocycles. The Morgan fingerprint density at radius 1 is 1.04 bits per heavy atom. The fraction of sp³-hybridized carbons (Fsp3) is 0.263. The lowest BCUT2D eigenvalue weighted by Gasteiger charge is -2.18. The van der Waals surface area contributed by atoms with Gasteiger partial charge >= 0.3 is 5.97 Å². The maximum absolute atomic E-state index is 12.4. The number of nitrogens with one attached hydrogen (secondary N) is 1. The zero-order valence-electron chi connectivity index (χ0n) is 13.5. The Bertz CT molecular complexity index is 661. The highest BCUT2D eigenvalue weighted by molar-refractivity contribution is 8.00. The van der Waals surface area contributed by atoms with E-state index in [1.165, 1.54) is 11.8 Å². The molecule has 0 aliphatic heterocycles. The van der Waals surface area contributed by atoms with Crippen LogP contribution >= 0.6 is 11.8 Å². The molecule has 0 aromatic heterocycles. The summed E-state index contributed by atoms with van der Waals surface area (Å²) in [4.78, 5) is 24.9. The van der Waals surface area contributed by atoms with Crippen LogP contribution in [-0.2, 0) is 9.59 Å². The van der Waals surface area contributed by atoms with Gasteiger partial charge in [-0.3, -0.25) is 9.59 Å². The summed E-state index contributed by atoms with van der Waals surface area (Å²) in [6.45, 7) is 2.04. The summed E-state index contributed by atoms with van der Waals surface area (Å²) in [6.07, 6.45) is 0.675. The second-order valence-corrected chi connectivity index (χ2v) is 6.65. The quantitative estimate of drug-likeness (QED) is 0.720. The fourth-order valence-corrected chi connectivity index (χ4v) is 3.33. The first kappa shape index (κ1) is 18.1. The number of hydrogen-bond acceptors (Lipinski definition) is 3. The summed E-state index contributed by atoms with van der Waals surface area (Å²) in [5.74, 6) is -1.81. The number of benzene rings is 2. The lowest BCUT2D eigenvalue weighted by Crippen LogP contribution is -2.37. The van der Waals surface area contributed by atoms with Crippen LogP contribution in [0, 0.1) is 0 Å². The van der Waals surface area contributed by atoms with Crippen molar-refractivity contribution in [3.05, 3.63) is 66.2 Å². The summed E-state index contributed by atoms with van der Waals surface area (Å²) in [5, 5.41) is 12.0. The molecule has 0 saturated heterocycles. The van der Waals surface area contributed by atoms with Crippen LogP contribution < -0.4 is 5.32 Å². The third-order valence-corrected chi connectivity index (χ3v) is 5.04. The molecule has 126 valence electrons. The first-order valence-corrected chi connectivity index (χ1v) is 8.77. The minimum Gasteiger partial charge on any atom is -0.481 e. The van der Waals surface area contributed by atoms with Crippen molar-refractivity contribution >= 4 is 23.6 Å². The Balaban J connectivity index is 1.97. The number of carbonyl (C=O) groups is 2. The number of thioether (sulfide) groups is 1. The number of carboxylic acid groups (broad SMARTS) is 1. The monoisotopic (exact) mass is 343 g/mol. The molecule has 0 radical (unpaired) electrons. The topological polar surface area (TPSA) is 66.4 Å². The van der Waals surface area contributed by atoms with Crippen LogP contribution in [0.5, 0.6) is 0 Å². The Labute approximate surface area is 146 Å². The number of rotatable bonds is 8. The Kier molecular flexibility index (Phi) is 6.88. The molecule has 0 fully saturated rings. The number of amides is 1. The maximum Gasteiger partial charge on any atom is 0.312 e. The van der Waals surface area contributed by atoms with E-state index >= 15 is 0 Å². The van der Waals surface area contributed by atoms with Gasteiger partial charge in [0.15, 0.2) is 0 Å². The number of carbonyl (C=O) groups excluding carboxylic acids is 1. The van der Waals surface area contributed by atoms with Crippen molar-refractivity contribution in [2.24, 2.45) is 0 Å². The molecule has 0 aliphatic rings. The molecule has 4 nitrogen and oxygen atoms in total. The van der Waals surface area contributed by atoms with Crippen molar-refractivity contribution in [2.75, 3.05) is 6.54 Å². The largest absolute Gasteiger partial charge is 0.481 e. The van der Waals surface area contributed by atoms with Crippen LogP contribution in [0.3, 0.4) is 0 Å². The second-order valence-electron chi connectivity index (χ2n) is 5.37. The standard InChI is InChI=1S/C19H21NO3S/c1-2-17(24-15-11-7-4-8-12-15)18(21)20-13-16(19(22)23)14-9-5-3-6-10-14/h3-12,16-17H,2,13H2,1H3,(H,20,21)(H,22,23). The van der Waals surface area contributed by atoms with Gasteiger partial charge in [0.1, 0.15) is 0 Å². The number of carboxylic acids is 1. The molecular formula is C19H21NO3S. The first-order valence-electron chi connectivity index (χ1n) is 7.89. The van der Waals surface area contributed by atoms with Crippen molar-refractivity contribution in [1.82, 2.24) is 5.32 Å². The van der Waals surface area contributed by atoms with Crippen LogP contribution in [0.1, 0.15) is 24.8 Å². The molecule has 2 rings (SSSR count). The van der Waals surface area contributed by atoms with Gasteiger partial charge in [0.05, 0.1) is 11.2 Å². The smallest absolute Gasteiger partial charge is 0.312 e. The van der Waals surface area contributed by atoms with E-state index in [1.807, 2.05) is 43.3 Å². The van der Waals surface area contributed by atoms with E-state index in [0.29, 0.717) is 12.0 Å².